The van der Waals surface area contributed by atoms with Crippen LogP contribution in [0, 0.1) is 5.92 Å². The lowest BCUT2D eigenvalue weighted by Crippen LogP contribution is -2.37. The zero-order chi connectivity index (χ0) is 9.61. The van der Waals surface area contributed by atoms with E-state index in [9.17, 15) is 0 Å². The minimum Gasteiger partial charge on any atom is -0.378 e. The van der Waals surface area contributed by atoms with Gasteiger partial charge in [0.05, 0.1) is 5.60 Å². The van der Waals surface area contributed by atoms with Crippen LogP contribution in [-0.2, 0) is 4.74 Å². The van der Waals surface area contributed by atoms with Gasteiger partial charge >= 0.3 is 0 Å². The molecule has 0 heterocycles. The van der Waals surface area contributed by atoms with E-state index >= 15 is 0 Å². The van der Waals surface area contributed by atoms with E-state index in [0.29, 0.717) is 5.92 Å². The fourth-order valence-electron chi connectivity index (χ4n) is 1.99. The Labute approximate surface area is 77.5 Å². The van der Waals surface area contributed by atoms with Gasteiger partial charge in [-0.3, -0.25) is 0 Å². The van der Waals surface area contributed by atoms with Gasteiger partial charge in [0.1, 0.15) is 0 Å². The van der Waals surface area contributed by atoms with Crippen molar-refractivity contribution in [2.24, 2.45) is 5.92 Å². The smallest absolute Gasteiger partial charge is 0.0701 e. The van der Waals surface area contributed by atoms with Crippen molar-refractivity contribution in [2.75, 3.05) is 7.11 Å². The van der Waals surface area contributed by atoms with E-state index in [1.807, 2.05) is 7.11 Å². The standard InChI is InChI=1S/C11H24O/c1-6-8-11(12-5,9-7-2)10(3)4/h10H,6-9H2,1-5H3. The van der Waals surface area contributed by atoms with Crippen molar-refractivity contribution in [1.82, 2.24) is 0 Å². The molecule has 0 rings (SSSR count). The first-order valence-electron chi connectivity index (χ1n) is 5.18. The molecule has 0 spiro atoms. The van der Waals surface area contributed by atoms with Gasteiger partial charge < -0.3 is 4.74 Å². The van der Waals surface area contributed by atoms with Crippen molar-refractivity contribution < 1.29 is 4.74 Å². The lowest BCUT2D eigenvalue weighted by molar-refractivity contribution is -0.0617. The molecule has 0 aliphatic heterocycles. The number of rotatable bonds is 6. The predicted octanol–water partition coefficient (Wildman–Crippen LogP) is 3.63. The lowest BCUT2D eigenvalue weighted by Gasteiger charge is -2.36. The van der Waals surface area contributed by atoms with Gasteiger partial charge in [0.15, 0.2) is 0 Å². The van der Waals surface area contributed by atoms with Crippen LogP contribution in [-0.4, -0.2) is 12.7 Å². The Morgan fingerprint density at radius 1 is 1.08 bits per heavy atom. The van der Waals surface area contributed by atoms with E-state index < -0.39 is 0 Å². The van der Waals surface area contributed by atoms with Crippen LogP contribution in [0.15, 0.2) is 0 Å². The summed E-state index contributed by atoms with van der Waals surface area (Å²) in [5, 5.41) is 0. The summed E-state index contributed by atoms with van der Waals surface area (Å²) in [5.41, 5.74) is 0.142. The van der Waals surface area contributed by atoms with Crippen LogP contribution >= 0.6 is 0 Å². The van der Waals surface area contributed by atoms with Crippen LogP contribution in [0.5, 0.6) is 0 Å². The van der Waals surface area contributed by atoms with E-state index in [4.69, 9.17) is 4.74 Å². The second kappa shape index (κ2) is 5.58. The van der Waals surface area contributed by atoms with E-state index in [-0.39, 0.29) is 5.60 Å². The van der Waals surface area contributed by atoms with Gasteiger partial charge in [-0.05, 0) is 18.8 Å². The molecule has 12 heavy (non-hydrogen) atoms. The molecule has 1 nitrogen and oxygen atoms in total. The fraction of sp³-hybridized carbons (Fsp3) is 1.00. The lowest BCUT2D eigenvalue weighted by atomic mass is 9.82. The molecule has 0 atom stereocenters. The van der Waals surface area contributed by atoms with Crippen molar-refractivity contribution in [2.45, 2.75) is 59.0 Å². The Morgan fingerprint density at radius 3 is 1.67 bits per heavy atom. The number of ether oxygens (including phenoxy) is 1. The van der Waals surface area contributed by atoms with Gasteiger partial charge in [-0.25, -0.2) is 0 Å². The molecule has 0 fully saturated rings. The van der Waals surface area contributed by atoms with Gasteiger partial charge in [-0.1, -0.05) is 40.5 Å². The van der Waals surface area contributed by atoms with Crippen molar-refractivity contribution in [3.8, 4) is 0 Å². The molecular formula is C11H24O. The average Bonchev–Trinajstić information content (AvgIpc) is 2.03. The highest BCUT2D eigenvalue weighted by molar-refractivity contribution is 4.82. The van der Waals surface area contributed by atoms with E-state index in [0.717, 1.165) is 0 Å². The highest BCUT2D eigenvalue weighted by Gasteiger charge is 2.31. The molecule has 0 aromatic carbocycles. The molecule has 0 amide bonds. The van der Waals surface area contributed by atoms with E-state index in [1.165, 1.54) is 25.7 Å². The SMILES string of the molecule is CCCC(CCC)(OC)C(C)C. The molecule has 0 aromatic rings. The number of hydrogen-bond acceptors (Lipinski definition) is 1. The van der Waals surface area contributed by atoms with Crippen LogP contribution in [0.4, 0.5) is 0 Å². The van der Waals surface area contributed by atoms with E-state index in [2.05, 4.69) is 27.7 Å². The van der Waals surface area contributed by atoms with Crippen molar-refractivity contribution in [1.29, 1.82) is 0 Å². The Hall–Kier alpha value is -0.0400. The maximum absolute atomic E-state index is 5.68. The molecule has 0 aliphatic rings. The third-order valence-electron chi connectivity index (χ3n) is 2.81. The topological polar surface area (TPSA) is 9.23 Å². The summed E-state index contributed by atoms with van der Waals surface area (Å²) in [6.07, 6.45) is 4.81. The van der Waals surface area contributed by atoms with Crippen molar-refractivity contribution in [3.05, 3.63) is 0 Å². The second-order valence-corrected chi connectivity index (χ2v) is 3.92. The monoisotopic (exact) mass is 172 g/mol. The summed E-state index contributed by atoms with van der Waals surface area (Å²) in [5.74, 6) is 0.627. The highest BCUT2D eigenvalue weighted by Crippen LogP contribution is 2.31. The fourth-order valence-corrected chi connectivity index (χ4v) is 1.99. The predicted molar refractivity (Wildman–Crippen MR) is 54.4 cm³/mol. The first-order valence-corrected chi connectivity index (χ1v) is 5.18. The molecule has 0 aliphatic carbocycles. The minimum atomic E-state index is 0.142. The molecular weight excluding hydrogens is 148 g/mol. The Balaban J connectivity index is 4.28. The summed E-state index contributed by atoms with van der Waals surface area (Å²) in [6.45, 7) is 8.97. The second-order valence-electron chi connectivity index (χ2n) is 3.92. The summed E-state index contributed by atoms with van der Waals surface area (Å²) in [7, 11) is 1.85. The normalized spacial score (nSPS) is 12.5. The van der Waals surface area contributed by atoms with Crippen LogP contribution in [0.25, 0.3) is 0 Å². The summed E-state index contributed by atoms with van der Waals surface area (Å²) < 4.78 is 5.68. The molecule has 1 heteroatoms. The average molecular weight is 172 g/mol. The maximum Gasteiger partial charge on any atom is 0.0701 e. The largest absolute Gasteiger partial charge is 0.378 e. The van der Waals surface area contributed by atoms with Crippen molar-refractivity contribution in [3.63, 3.8) is 0 Å². The third kappa shape index (κ3) is 2.78. The minimum absolute atomic E-state index is 0.142. The van der Waals surface area contributed by atoms with Gasteiger partial charge in [0.25, 0.3) is 0 Å². The molecule has 0 unspecified atom stereocenters. The first kappa shape index (κ1) is 12.0. The first-order chi connectivity index (χ1) is 5.63. The van der Waals surface area contributed by atoms with Crippen LogP contribution in [0.3, 0.4) is 0 Å². The molecule has 0 N–H and O–H groups in total. The van der Waals surface area contributed by atoms with Gasteiger partial charge in [0.2, 0.25) is 0 Å². The zero-order valence-corrected chi connectivity index (χ0v) is 9.31. The zero-order valence-electron chi connectivity index (χ0n) is 9.31. The van der Waals surface area contributed by atoms with Gasteiger partial charge in [-0.2, -0.15) is 0 Å². The Bertz CT molecular complexity index is 102. The van der Waals surface area contributed by atoms with Crippen LogP contribution in [0.1, 0.15) is 53.4 Å². The summed E-state index contributed by atoms with van der Waals surface area (Å²) >= 11 is 0. The van der Waals surface area contributed by atoms with E-state index in [1.54, 1.807) is 0 Å². The Morgan fingerprint density at radius 2 is 1.50 bits per heavy atom. The maximum atomic E-state index is 5.68. The summed E-state index contributed by atoms with van der Waals surface area (Å²) in [6, 6.07) is 0. The quantitative estimate of drug-likeness (QED) is 0.594. The van der Waals surface area contributed by atoms with Crippen LogP contribution in [0.2, 0.25) is 0 Å². The molecule has 0 aromatic heterocycles. The Kier molecular flexibility index (Phi) is 5.56. The number of methoxy groups -OCH3 is 1. The van der Waals surface area contributed by atoms with Crippen LogP contribution < -0.4 is 0 Å². The van der Waals surface area contributed by atoms with Gasteiger partial charge in [-0.15, -0.1) is 0 Å². The highest BCUT2D eigenvalue weighted by atomic mass is 16.5. The molecule has 0 saturated carbocycles. The molecule has 74 valence electrons. The molecule has 0 bridgehead atoms. The third-order valence-corrected chi connectivity index (χ3v) is 2.81. The summed E-state index contributed by atoms with van der Waals surface area (Å²) in [4.78, 5) is 0. The van der Waals surface area contributed by atoms with Crippen molar-refractivity contribution >= 4 is 0 Å². The molecule has 0 radical (unpaired) electrons. The molecule has 0 saturated heterocycles. The van der Waals surface area contributed by atoms with Gasteiger partial charge in [0, 0.05) is 7.11 Å². The number of hydrogen-bond donors (Lipinski definition) is 0.